The fraction of sp³-hybridized carbons (Fsp3) is 0.467. The highest BCUT2D eigenvalue weighted by atomic mass is 15.2. The van der Waals surface area contributed by atoms with Crippen molar-refractivity contribution in [2.24, 2.45) is 10.7 Å². The molecular formula is C15H20N4. The van der Waals surface area contributed by atoms with E-state index in [1.54, 1.807) is 11.0 Å². The summed E-state index contributed by atoms with van der Waals surface area (Å²) >= 11 is 0. The molecule has 19 heavy (non-hydrogen) atoms. The first-order valence-corrected chi connectivity index (χ1v) is 6.78. The van der Waals surface area contributed by atoms with Gasteiger partial charge in [-0.15, -0.1) is 0 Å². The number of para-hydroxylation sites is 1. The van der Waals surface area contributed by atoms with Crippen molar-refractivity contribution < 1.29 is 0 Å². The molecule has 1 aliphatic rings. The molecule has 1 aromatic rings. The van der Waals surface area contributed by atoms with E-state index in [4.69, 9.17) is 11.0 Å². The SMILES string of the molecule is CN(C(N)=NC1CCCCC1)c1ccccc1C#N. The van der Waals surface area contributed by atoms with Crippen molar-refractivity contribution in [3.63, 3.8) is 0 Å². The lowest BCUT2D eigenvalue weighted by molar-refractivity contribution is 0.443. The molecule has 1 aliphatic carbocycles. The third-order valence-corrected chi connectivity index (χ3v) is 3.62. The second-order valence-electron chi connectivity index (χ2n) is 4.97. The lowest BCUT2D eigenvalue weighted by atomic mass is 9.96. The van der Waals surface area contributed by atoms with Crippen LogP contribution in [0.15, 0.2) is 29.3 Å². The van der Waals surface area contributed by atoms with Crippen LogP contribution in [0, 0.1) is 11.3 Å². The highest BCUT2D eigenvalue weighted by Gasteiger charge is 2.15. The summed E-state index contributed by atoms with van der Waals surface area (Å²) in [6.45, 7) is 0. The second-order valence-corrected chi connectivity index (χ2v) is 4.97. The van der Waals surface area contributed by atoms with Crippen LogP contribution in [0.3, 0.4) is 0 Å². The summed E-state index contributed by atoms with van der Waals surface area (Å²) in [7, 11) is 1.86. The van der Waals surface area contributed by atoms with Gasteiger partial charge < -0.3 is 10.6 Å². The molecule has 0 atom stereocenters. The van der Waals surface area contributed by atoms with Gasteiger partial charge >= 0.3 is 0 Å². The first-order chi connectivity index (χ1) is 9.22. The summed E-state index contributed by atoms with van der Waals surface area (Å²) in [5.41, 5.74) is 7.50. The number of benzene rings is 1. The van der Waals surface area contributed by atoms with Crippen LogP contribution in [0.1, 0.15) is 37.7 Å². The van der Waals surface area contributed by atoms with Crippen molar-refractivity contribution in [1.82, 2.24) is 0 Å². The highest BCUT2D eigenvalue weighted by molar-refractivity contribution is 5.95. The lowest BCUT2D eigenvalue weighted by Crippen LogP contribution is -2.36. The van der Waals surface area contributed by atoms with E-state index in [1.807, 2.05) is 25.2 Å². The summed E-state index contributed by atoms with van der Waals surface area (Å²) in [4.78, 5) is 6.40. The number of hydrogen-bond donors (Lipinski definition) is 1. The maximum atomic E-state index is 9.11. The number of nitriles is 1. The smallest absolute Gasteiger partial charge is 0.195 e. The molecule has 2 rings (SSSR count). The quantitative estimate of drug-likeness (QED) is 0.653. The average molecular weight is 256 g/mol. The summed E-state index contributed by atoms with van der Waals surface area (Å²) in [5.74, 6) is 0.495. The van der Waals surface area contributed by atoms with Crippen molar-refractivity contribution in [1.29, 1.82) is 5.26 Å². The van der Waals surface area contributed by atoms with E-state index in [-0.39, 0.29) is 0 Å². The van der Waals surface area contributed by atoms with E-state index < -0.39 is 0 Å². The zero-order valence-electron chi connectivity index (χ0n) is 11.3. The van der Waals surface area contributed by atoms with Crippen molar-refractivity contribution in [2.75, 3.05) is 11.9 Å². The standard InChI is InChI=1S/C15H20N4/c1-19(14-10-6-5-7-12(14)11-16)15(17)18-13-8-3-2-4-9-13/h5-7,10,13H,2-4,8-9H2,1H3,(H2,17,18). The van der Waals surface area contributed by atoms with Gasteiger partial charge in [-0.25, -0.2) is 4.99 Å². The predicted octanol–water partition coefficient (Wildman–Crippen LogP) is 2.64. The molecule has 1 saturated carbocycles. The largest absolute Gasteiger partial charge is 0.370 e. The molecule has 1 aromatic carbocycles. The maximum Gasteiger partial charge on any atom is 0.195 e. The van der Waals surface area contributed by atoms with Gasteiger partial charge in [-0.05, 0) is 25.0 Å². The Morgan fingerprint density at radius 1 is 1.32 bits per heavy atom. The van der Waals surface area contributed by atoms with Crippen molar-refractivity contribution in [3.8, 4) is 6.07 Å². The minimum atomic E-state index is 0.338. The Morgan fingerprint density at radius 3 is 2.68 bits per heavy atom. The van der Waals surface area contributed by atoms with E-state index in [1.165, 1.54) is 19.3 Å². The molecule has 4 heteroatoms. The van der Waals surface area contributed by atoms with Crippen LogP contribution < -0.4 is 10.6 Å². The Balaban J connectivity index is 2.16. The van der Waals surface area contributed by atoms with E-state index in [2.05, 4.69) is 11.1 Å². The first-order valence-electron chi connectivity index (χ1n) is 6.78. The summed E-state index contributed by atoms with van der Waals surface area (Å²) in [6, 6.07) is 9.96. The fourth-order valence-electron chi connectivity index (χ4n) is 2.47. The first kappa shape index (κ1) is 13.4. The third kappa shape index (κ3) is 3.25. The summed E-state index contributed by atoms with van der Waals surface area (Å²) < 4.78 is 0. The maximum absolute atomic E-state index is 9.11. The Bertz CT molecular complexity index is 495. The van der Waals surface area contributed by atoms with Crippen LogP contribution in [0.2, 0.25) is 0 Å². The molecule has 0 saturated heterocycles. The monoisotopic (exact) mass is 256 g/mol. The molecule has 0 spiro atoms. The van der Waals surface area contributed by atoms with E-state index in [9.17, 15) is 0 Å². The summed E-state index contributed by atoms with van der Waals surface area (Å²) in [5, 5.41) is 9.11. The number of hydrogen-bond acceptors (Lipinski definition) is 2. The molecular weight excluding hydrogens is 236 g/mol. The Kier molecular flexibility index (Phi) is 4.40. The Hall–Kier alpha value is -2.02. The van der Waals surface area contributed by atoms with Gasteiger partial charge in [-0.2, -0.15) is 5.26 Å². The van der Waals surface area contributed by atoms with Gasteiger partial charge in [0, 0.05) is 7.05 Å². The van der Waals surface area contributed by atoms with Crippen molar-refractivity contribution >= 4 is 11.6 Å². The number of guanidine groups is 1. The van der Waals surface area contributed by atoms with Gasteiger partial charge in [0.15, 0.2) is 5.96 Å². The molecule has 0 unspecified atom stereocenters. The molecule has 4 nitrogen and oxygen atoms in total. The number of aliphatic imine (C=N–C) groups is 1. The number of anilines is 1. The van der Waals surface area contributed by atoms with Crippen LogP contribution in [-0.4, -0.2) is 19.0 Å². The highest BCUT2D eigenvalue weighted by Crippen LogP contribution is 2.22. The topological polar surface area (TPSA) is 65.4 Å². The minimum absolute atomic E-state index is 0.338. The zero-order valence-corrected chi connectivity index (χ0v) is 11.3. The van der Waals surface area contributed by atoms with Gasteiger partial charge in [0.25, 0.3) is 0 Å². The summed E-state index contributed by atoms with van der Waals surface area (Å²) in [6.07, 6.45) is 6.02. The molecule has 0 bridgehead atoms. The van der Waals surface area contributed by atoms with E-state index >= 15 is 0 Å². The lowest BCUT2D eigenvalue weighted by Gasteiger charge is -2.23. The average Bonchev–Trinajstić information content (AvgIpc) is 2.47. The molecule has 0 aromatic heterocycles. The Labute approximate surface area is 114 Å². The molecule has 0 radical (unpaired) electrons. The predicted molar refractivity (Wildman–Crippen MR) is 78.1 cm³/mol. The normalized spacial score (nSPS) is 16.9. The number of rotatable bonds is 2. The Morgan fingerprint density at radius 2 is 2.00 bits per heavy atom. The van der Waals surface area contributed by atoms with Crippen molar-refractivity contribution in [2.45, 2.75) is 38.1 Å². The van der Waals surface area contributed by atoms with Gasteiger partial charge in [-0.3, -0.25) is 0 Å². The number of nitrogens with zero attached hydrogens (tertiary/aromatic N) is 3. The van der Waals surface area contributed by atoms with Crippen LogP contribution in [-0.2, 0) is 0 Å². The van der Waals surface area contributed by atoms with Crippen LogP contribution in [0.25, 0.3) is 0 Å². The van der Waals surface area contributed by atoms with E-state index in [0.29, 0.717) is 17.6 Å². The van der Waals surface area contributed by atoms with Crippen LogP contribution >= 0.6 is 0 Å². The molecule has 1 fully saturated rings. The third-order valence-electron chi connectivity index (χ3n) is 3.62. The number of nitrogens with two attached hydrogens (primary N) is 1. The molecule has 2 N–H and O–H groups in total. The molecule has 100 valence electrons. The second kappa shape index (κ2) is 6.24. The van der Waals surface area contributed by atoms with Gasteiger partial charge in [-0.1, -0.05) is 31.4 Å². The van der Waals surface area contributed by atoms with Gasteiger partial charge in [0.2, 0.25) is 0 Å². The minimum Gasteiger partial charge on any atom is -0.370 e. The van der Waals surface area contributed by atoms with Crippen molar-refractivity contribution in [3.05, 3.63) is 29.8 Å². The van der Waals surface area contributed by atoms with Crippen LogP contribution in [0.4, 0.5) is 5.69 Å². The van der Waals surface area contributed by atoms with Crippen LogP contribution in [0.5, 0.6) is 0 Å². The van der Waals surface area contributed by atoms with E-state index in [0.717, 1.165) is 18.5 Å². The fourth-order valence-corrected chi connectivity index (χ4v) is 2.47. The van der Waals surface area contributed by atoms with Gasteiger partial charge in [0.1, 0.15) is 6.07 Å². The van der Waals surface area contributed by atoms with Gasteiger partial charge in [0.05, 0.1) is 17.3 Å². The zero-order chi connectivity index (χ0) is 13.7. The molecule has 0 heterocycles. The molecule has 0 aliphatic heterocycles. The molecule has 0 amide bonds.